The minimum absolute atomic E-state index is 0.567. The van der Waals surface area contributed by atoms with Crippen molar-refractivity contribution in [2.75, 3.05) is 46.1 Å². The van der Waals surface area contributed by atoms with Crippen LogP contribution in [0.25, 0.3) is 0 Å². The molecule has 2 aliphatic heterocycles. The molecule has 2 heterocycles. The maximum atomic E-state index is 5.46. The standard InChI is InChI=1S/C12H24N2O2/c1-11(14-4-7-15-8-5-14)9-13-12-3-2-6-16-10-12/h11-13H,2-10H2,1H3. The van der Waals surface area contributed by atoms with Crippen LogP contribution in [0.15, 0.2) is 0 Å². The minimum Gasteiger partial charge on any atom is -0.380 e. The Labute approximate surface area is 98.3 Å². The molecule has 2 rings (SSSR count). The van der Waals surface area contributed by atoms with Crippen LogP contribution in [0.5, 0.6) is 0 Å². The zero-order valence-corrected chi connectivity index (χ0v) is 10.3. The summed E-state index contributed by atoms with van der Waals surface area (Å²) in [6.45, 7) is 9.10. The van der Waals surface area contributed by atoms with Gasteiger partial charge in [-0.3, -0.25) is 4.90 Å². The van der Waals surface area contributed by atoms with Crippen LogP contribution < -0.4 is 5.32 Å². The molecule has 0 spiro atoms. The molecule has 2 fully saturated rings. The lowest BCUT2D eigenvalue weighted by Crippen LogP contribution is -2.49. The van der Waals surface area contributed by atoms with E-state index in [1.807, 2.05) is 0 Å². The Morgan fingerprint density at radius 3 is 2.75 bits per heavy atom. The molecule has 0 aromatic carbocycles. The average Bonchev–Trinajstić information content (AvgIpc) is 2.38. The molecule has 0 aromatic rings. The normalized spacial score (nSPS) is 30.2. The largest absolute Gasteiger partial charge is 0.380 e. The van der Waals surface area contributed by atoms with E-state index in [2.05, 4.69) is 17.1 Å². The Hall–Kier alpha value is -0.160. The minimum atomic E-state index is 0.567. The average molecular weight is 228 g/mol. The van der Waals surface area contributed by atoms with Crippen molar-refractivity contribution in [2.45, 2.75) is 31.8 Å². The van der Waals surface area contributed by atoms with Gasteiger partial charge in [0.1, 0.15) is 0 Å². The number of ether oxygens (including phenoxy) is 2. The van der Waals surface area contributed by atoms with Gasteiger partial charge in [0.25, 0.3) is 0 Å². The highest BCUT2D eigenvalue weighted by molar-refractivity contribution is 4.76. The van der Waals surface area contributed by atoms with Gasteiger partial charge in [-0.15, -0.1) is 0 Å². The molecule has 4 nitrogen and oxygen atoms in total. The molecule has 2 aliphatic rings. The van der Waals surface area contributed by atoms with Gasteiger partial charge in [-0.05, 0) is 19.8 Å². The quantitative estimate of drug-likeness (QED) is 0.758. The highest BCUT2D eigenvalue weighted by atomic mass is 16.5. The maximum Gasteiger partial charge on any atom is 0.0619 e. The van der Waals surface area contributed by atoms with Crippen molar-refractivity contribution < 1.29 is 9.47 Å². The fraction of sp³-hybridized carbons (Fsp3) is 1.00. The van der Waals surface area contributed by atoms with Crippen molar-refractivity contribution >= 4 is 0 Å². The third-order valence-electron chi connectivity index (χ3n) is 3.53. The number of rotatable bonds is 4. The summed E-state index contributed by atoms with van der Waals surface area (Å²) >= 11 is 0. The molecule has 0 bridgehead atoms. The molecule has 16 heavy (non-hydrogen) atoms. The van der Waals surface area contributed by atoms with Crippen molar-refractivity contribution in [2.24, 2.45) is 0 Å². The van der Waals surface area contributed by atoms with Crippen LogP contribution in [0.3, 0.4) is 0 Å². The number of morpholine rings is 1. The summed E-state index contributed by atoms with van der Waals surface area (Å²) in [7, 11) is 0. The smallest absolute Gasteiger partial charge is 0.0619 e. The van der Waals surface area contributed by atoms with Crippen LogP contribution in [0.2, 0.25) is 0 Å². The molecule has 4 heteroatoms. The Morgan fingerprint density at radius 2 is 2.06 bits per heavy atom. The zero-order chi connectivity index (χ0) is 11.2. The number of hydrogen-bond donors (Lipinski definition) is 1. The van der Waals surface area contributed by atoms with E-state index in [1.165, 1.54) is 12.8 Å². The first-order valence-corrected chi connectivity index (χ1v) is 6.49. The van der Waals surface area contributed by atoms with Crippen LogP contribution in [0, 0.1) is 0 Å². The Balaban J connectivity index is 1.63. The lowest BCUT2D eigenvalue weighted by Gasteiger charge is -2.34. The van der Waals surface area contributed by atoms with Crippen molar-refractivity contribution in [1.29, 1.82) is 0 Å². The highest BCUT2D eigenvalue weighted by Crippen LogP contribution is 2.07. The van der Waals surface area contributed by atoms with Crippen LogP contribution in [-0.4, -0.2) is 63.0 Å². The van der Waals surface area contributed by atoms with Crippen molar-refractivity contribution in [3.05, 3.63) is 0 Å². The van der Waals surface area contributed by atoms with Gasteiger partial charge in [-0.2, -0.15) is 0 Å². The lowest BCUT2D eigenvalue weighted by atomic mass is 10.1. The van der Waals surface area contributed by atoms with E-state index in [0.717, 1.165) is 46.1 Å². The molecule has 0 aliphatic carbocycles. The summed E-state index contributed by atoms with van der Waals surface area (Å²) in [5.41, 5.74) is 0. The van der Waals surface area contributed by atoms with Gasteiger partial charge in [0.2, 0.25) is 0 Å². The Kier molecular flexibility index (Phi) is 5.03. The van der Waals surface area contributed by atoms with Gasteiger partial charge in [0.15, 0.2) is 0 Å². The molecular weight excluding hydrogens is 204 g/mol. The first kappa shape index (κ1) is 12.3. The number of nitrogens with zero attached hydrogens (tertiary/aromatic N) is 1. The van der Waals surface area contributed by atoms with Gasteiger partial charge in [0.05, 0.1) is 19.8 Å². The van der Waals surface area contributed by atoms with Crippen LogP contribution >= 0.6 is 0 Å². The monoisotopic (exact) mass is 228 g/mol. The molecule has 0 radical (unpaired) electrons. The van der Waals surface area contributed by atoms with Gasteiger partial charge in [0, 0.05) is 38.3 Å². The second-order valence-electron chi connectivity index (χ2n) is 4.82. The molecule has 2 atom stereocenters. The Bertz CT molecular complexity index is 189. The summed E-state index contributed by atoms with van der Waals surface area (Å²) in [6.07, 6.45) is 2.46. The van der Waals surface area contributed by atoms with Gasteiger partial charge >= 0.3 is 0 Å². The van der Waals surface area contributed by atoms with Gasteiger partial charge < -0.3 is 14.8 Å². The molecule has 2 unspecified atom stereocenters. The van der Waals surface area contributed by atoms with Crippen molar-refractivity contribution in [3.8, 4) is 0 Å². The topological polar surface area (TPSA) is 33.7 Å². The second kappa shape index (κ2) is 6.55. The van der Waals surface area contributed by atoms with E-state index in [1.54, 1.807) is 0 Å². The van der Waals surface area contributed by atoms with E-state index in [0.29, 0.717) is 12.1 Å². The molecular formula is C12H24N2O2. The first-order valence-electron chi connectivity index (χ1n) is 6.49. The van der Waals surface area contributed by atoms with Gasteiger partial charge in [-0.25, -0.2) is 0 Å². The summed E-state index contributed by atoms with van der Waals surface area (Å²) in [5.74, 6) is 0. The molecule has 0 amide bonds. The SMILES string of the molecule is CC(CNC1CCCOC1)N1CCOCC1. The van der Waals surface area contributed by atoms with Crippen LogP contribution in [-0.2, 0) is 9.47 Å². The lowest BCUT2D eigenvalue weighted by molar-refractivity contribution is 0.0172. The van der Waals surface area contributed by atoms with Crippen molar-refractivity contribution in [1.82, 2.24) is 10.2 Å². The van der Waals surface area contributed by atoms with E-state index < -0.39 is 0 Å². The van der Waals surface area contributed by atoms with E-state index in [9.17, 15) is 0 Å². The summed E-state index contributed by atoms with van der Waals surface area (Å²) in [6, 6.07) is 1.17. The van der Waals surface area contributed by atoms with E-state index in [-0.39, 0.29) is 0 Å². The fourth-order valence-electron chi connectivity index (χ4n) is 2.39. The van der Waals surface area contributed by atoms with Gasteiger partial charge in [-0.1, -0.05) is 0 Å². The number of hydrogen-bond acceptors (Lipinski definition) is 4. The van der Waals surface area contributed by atoms with Crippen molar-refractivity contribution in [3.63, 3.8) is 0 Å². The molecule has 2 saturated heterocycles. The molecule has 94 valence electrons. The predicted octanol–water partition coefficient (Wildman–Crippen LogP) is 0.476. The zero-order valence-electron chi connectivity index (χ0n) is 10.3. The van der Waals surface area contributed by atoms with Crippen LogP contribution in [0.1, 0.15) is 19.8 Å². The molecule has 0 aromatic heterocycles. The number of nitrogens with one attached hydrogen (secondary N) is 1. The summed E-state index contributed by atoms with van der Waals surface area (Å²) < 4.78 is 10.8. The summed E-state index contributed by atoms with van der Waals surface area (Å²) in [4.78, 5) is 2.50. The fourth-order valence-corrected chi connectivity index (χ4v) is 2.39. The van der Waals surface area contributed by atoms with E-state index in [4.69, 9.17) is 9.47 Å². The Morgan fingerprint density at radius 1 is 1.25 bits per heavy atom. The van der Waals surface area contributed by atoms with E-state index >= 15 is 0 Å². The second-order valence-corrected chi connectivity index (χ2v) is 4.82. The maximum absolute atomic E-state index is 5.46. The molecule has 0 saturated carbocycles. The highest BCUT2D eigenvalue weighted by Gasteiger charge is 2.19. The first-order chi connectivity index (χ1) is 7.86. The van der Waals surface area contributed by atoms with Crippen LogP contribution in [0.4, 0.5) is 0 Å². The third-order valence-corrected chi connectivity index (χ3v) is 3.53. The third kappa shape index (κ3) is 3.70. The molecule has 1 N–H and O–H groups in total. The predicted molar refractivity (Wildman–Crippen MR) is 63.7 cm³/mol. The summed E-state index contributed by atoms with van der Waals surface area (Å²) in [5, 5.41) is 3.61.